The van der Waals surface area contributed by atoms with E-state index >= 15 is 0 Å². The predicted octanol–water partition coefficient (Wildman–Crippen LogP) is 7.33. The van der Waals surface area contributed by atoms with Crippen LogP contribution in [0.1, 0.15) is 113 Å². The Labute approximate surface area is 172 Å². The highest BCUT2D eigenvalue weighted by atomic mass is 14.5. The molecule has 2 aliphatic carbocycles. The van der Waals surface area contributed by atoms with E-state index in [0.29, 0.717) is 17.0 Å². The Balaban J connectivity index is 1.88. The number of benzene rings is 1. The SMILES string of the molecule is CCCCC[C@H]1CC[C@H](C2(c3ccc(C)c(C#N)c3C#N)CCCCC2)CC1. The quantitative estimate of drug-likeness (QED) is 0.488. The lowest BCUT2D eigenvalue weighted by Crippen LogP contribution is -2.40. The van der Waals surface area contributed by atoms with Crippen molar-refractivity contribution in [3.05, 3.63) is 34.4 Å². The summed E-state index contributed by atoms with van der Waals surface area (Å²) in [6.45, 7) is 4.24. The van der Waals surface area contributed by atoms with E-state index in [0.717, 1.165) is 11.5 Å². The average Bonchev–Trinajstić information content (AvgIpc) is 2.74. The Kier molecular flexibility index (Phi) is 7.18. The van der Waals surface area contributed by atoms with Gasteiger partial charge in [0.05, 0.1) is 11.1 Å². The van der Waals surface area contributed by atoms with E-state index < -0.39 is 0 Å². The molecule has 0 aromatic heterocycles. The van der Waals surface area contributed by atoms with Crippen LogP contribution < -0.4 is 0 Å². The molecule has 0 unspecified atom stereocenters. The van der Waals surface area contributed by atoms with Gasteiger partial charge in [-0.15, -0.1) is 0 Å². The molecular formula is C26H36N2. The second-order valence-electron chi connectivity index (χ2n) is 9.33. The normalized spacial score (nSPS) is 24.3. The molecule has 0 atom stereocenters. The van der Waals surface area contributed by atoms with E-state index in [1.165, 1.54) is 89.0 Å². The van der Waals surface area contributed by atoms with Crippen LogP contribution in [0.5, 0.6) is 0 Å². The molecule has 1 aromatic rings. The summed E-state index contributed by atoms with van der Waals surface area (Å²) in [4.78, 5) is 0. The first-order valence-electron chi connectivity index (χ1n) is 11.6. The third-order valence-corrected chi connectivity index (χ3v) is 7.76. The van der Waals surface area contributed by atoms with Gasteiger partial charge in [-0.3, -0.25) is 0 Å². The summed E-state index contributed by atoms with van der Waals surface area (Å²) in [6, 6.07) is 9.05. The molecule has 2 aliphatic rings. The van der Waals surface area contributed by atoms with Crippen molar-refractivity contribution < 1.29 is 0 Å². The maximum atomic E-state index is 9.96. The molecule has 0 amide bonds. The van der Waals surface area contributed by atoms with Gasteiger partial charge < -0.3 is 0 Å². The van der Waals surface area contributed by atoms with Gasteiger partial charge in [0.2, 0.25) is 0 Å². The van der Waals surface area contributed by atoms with Crippen LogP contribution in [0.25, 0.3) is 0 Å². The Hall–Kier alpha value is -1.80. The zero-order valence-corrected chi connectivity index (χ0v) is 17.9. The van der Waals surface area contributed by atoms with Crippen molar-refractivity contribution in [3.63, 3.8) is 0 Å². The van der Waals surface area contributed by atoms with E-state index in [1.807, 2.05) is 6.92 Å². The smallest absolute Gasteiger partial charge is 0.101 e. The fourth-order valence-electron chi connectivity index (χ4n) is 6.15. The molecule has 28 heavy (non-hydrogen) atoms. The van der Waals surface area contributed by atoms with Crippen LogP contribution in [0.4, 0.5) is 0 Å². The van der Waals surface area contributed by atoms with Crippen LogP contribution in [0.15, 0.2) is 12.1 Å². The molecule has 2 fully saturated rings. The second-order valence-corrected chi connectivity index (χ2v) is 9.33. The Morgan fingerprint density at radius 2 is 1.61 bits per heavy atom. The second kappa shape index (κ2) is 9.60. The lowest BCUT2D eigenvalue weighted by atomic mass is 9.56. The molecule has 2 nitrogen and oxygen atoms in total. The number of aryl methyl sites for hydroxylation is 1. The summed E-state index contributed by atoms with van der Waals surface area (Å²) in [5.74, 6) is 1.59. The summed E-state index contributed by atoms with van der Waals surface area (Å²) < 4.78 is 0. The highest BCUT2D eigenvalue weighted by molar-refractivity contribution is 5.56. The minimum Gasteiger partial charge on any atom is -0.192 e. The molecule has 0 aliphatic heterocycles. The van der Waals surface area contributed by atoms with Crippen molar-refractivity contribution >= 4 is 0 Å². The molecule has 2 saturated carbocycles. The minimum atomic E-state index is 0.122. The maximum absolute atomic E-state index is 9.96. The number of rotatable bonds is 6. The van der Waals surface area contributed by atoms with Gasteiger partial charge in [-0.1, -0.05) is 76.8 Å². The van der Waals surface area contributed by atoms with Crippen LogP contribution in [0.3, 0.4) is 0 Å². The molecule has 150 valence electrons. The molecule has 1 aromatic carbocycles. The summed E-state index contributed by atoms with van der Waals surface area (Å²) in [5, 5.41) is 19.6. The summed E-state index contributed by atoms with van der Waals surface area (Å²) in [5.41, 5.74) is 3.55. The summed E-state index contributed by atoms with van der Waals surface area (Å²) in [7, 11) is 0. The van der Waals surface area contributed by atoms with Gasteiger partial charge in [-0.2, -0.15) is 10.5 Å². The topological polar surface area (TPSA) is 47.6 Å². The predicted molar refractivity (Wildman–Crippen MR) is 115 cm³/mol. The van der Waals surface area contributed by atoms with Crippen LogP contribution in [0, 0.1) is 41.4 Å². The minimum absolute atomic E-state index is 0.122. The lowest BCUT2D eigenvalue weighted by molar-refractivity contribution is 0.124. The monoisotopic (exact) mass is 376 g/mol. The van der Waals surface area contributed by atoms with Gasteiger partial charge in [0.1, 0.15) is 12.1 Å². The standard InChI is InChI=1S/C26H36N2/c1-3-4-6-9-21-11-13-22(14-12-21)26(16-7-5-8-17-26)25-15-10-20(2)23(18-27)24(25)19-28/h10,15,21-22H,3-9,11-14,16-17H2,1-2H3/t21-,22-. The van der Waals surface area contributed by atoms with Gasteiger partial charge in [0, 0.05) is 0 Å². The highest BCUT2D eigenvalue weighted by Gasteiger charge is 2.44. The summed E-state index contributed by atoms with van der Waals surface area (Å²) in [6.07, 6.45) is 17.0. The van der Waals surface area contributed by atoms with E-state index in [1.54, 1.807) is 0 Å². The third kappa shape index (κ3) is 4.12. The first kappa shape index (κ1) is 20.9. The largest absolute Gasteiger partial charge is 0.192 e. The van der Waals surface area contributed by atoms with Gasteiger partial charge in [-0.05, 0) is 61.0 Å². The molecule has 0 N–H and O–H groups in total. The van der Waals surface area contributed by atoms with Crippen LogP contribution in [0.2, 0.25) is 0 Å². The molecule has 0 spiro atoms. The maximum Gasteiger partial charge on any atom is 0.101 e. The molecule has 2 heteroatoms. The first-order chi connectivity index (χ1) is 13.7. The third-order valence-electron chi connectivity index (χ3n) is 7.76. The van der Waals surface area contributed by atoms with Crippen molar-refractivity contribution in [1.29, 1.82) is 10.5 Å². The van der Waals surface area contributed by atoms with Crippen molar-refractivity contribution in [1.82, 2.24) is 0 Å². The molecule has 3 rings (SSSR count). The lowest BCUT2D eigenvalue weighted by Gasteiger charge is -2.47. The van der Waals surface area contributed by atoms with E-state index in [9.17, 15) is 10.5 Å². The Morgan fingerprint density at radius 1 is 0.929 bits per heavy atom. The molecule has 0 radical (unpaired) electrons. The van der Waals surface area contributed by atoms with Gasteiger partial charge in [0.25, 0.3) is 0 Å². The fraction of sp³-hybridized carbons (Fsp3) is 0.692. The summed E-state index contributed by atoms with van der Waals surface area (Å²) >= 11 is 0. The van der Waals surface area contributed by atoms with Crippen molar-refractivity contribution in [3.8, 4) is 12.1 Å². The zero-order chi connectivity index (χ0) is 20.0. The highest BCUT2D eigenvalue weighted by Crippen LogP contribution is 2.52. The van der Waals surface area contributed by atoms with Gasteiger partial charge in [-0.25, -0.2) is 0 Å². The van der Waals surface area contributed by atoms with Gasteiger partial charge >= 0.3 is 0 Å². The number of hydrogen-bond donors (Lipinski definition) is 0. The zero-order valence-electron chi connectivity index (χ0n) is 17.9. The molecular weight excluding hydrogens is 340 g/mol. The van der Waals surface area contributed by atoms with Crippen molar-refractivity contribution in [2.45, 2.75) is 103 Å². The van der Waals surface area contributed by atoms with E-state index in [4.69, 9.17) is 0 Å². The van der Waals surface area contributed by atoms with Crippen molar-refractivity contribution in [2.24, 2.45) is 11.8 Å². The van der Waals surface area contributed by atoms with Gasteiger partial charge in [0.15, 0.2) is 0 Å². The van der Waals surface area contributed by atoms with E-state index in [-0.39, 0.29) is 5.41 Å². The Morgan fingerprint density at radius 3 is 2.21 bits per heavy atom. The number of nitriles is 2. The van der Waals surface area contributed by atoms with Crippen LogP contribution in [-0.2, 0) is 5.41 Å². The number of nitrogens with zero attached hydrogens (tertiary/aromatic N) is 2. The fourth-order valence-corrected chi connectivity index (χ4v) is 6.15. The molecule has 0 saturated heterocycles. The number of unbranched alkanes of at least 4 members (excludes halogenated alkanes) is 2. The molecule has 0 heterocycles. The number of hydrogen-bond acceptors (Lipinski definition) is 2. The average molecular weight is 377 g/mol. The van der Waals surface area contributed by atoms with Crippen LogP contribution in [-0.4, -0.2) is 0 Å². The van der Waals surface area contributed by atoms with Crippen molar-refractivity contribution in [2.75, 3.05) is 0 Å². The van der Waals surface area contributed by atoms with Crippen LogP contribution >= 0.6 is 0 Å². The van der Waals surface area contributed by atoms with E-state index in [2.05, 4.69) is 31.2 Å². The Bertz CT molecular complexity index is 735. The molecule has 0 bridgehead atoms. The first-order valence-corrected chi connectivity index (χ1v) is 11.6.